The first-order valence-electron chi connectivity index (χ1n) is 6.39. The van der Waals surface area contributed by atoms with Gasteiger partial charge in [0.05, 0.1) is 12.0 Å². The molecule has 6 nitrogen and oxygen atoms in total. The summed E-state index contributed by atoms with van der Waals surface area (Å²) in [5.41, 5.74) is 11.2. The zero-order valence-electron chi connectivity index (χ0n) is 11.6. The fourth-order valence-electron chi connectivity index (χ4n) is 1.92. The van der Waals surface area contributed by atoms with Crippen LogP contribution < -0.4 is 16.4 Å². The van der Waals surface area contributed by atoms with E-state index in [0.717, 1.165) is 0 Å². The van der Waals surface area contributed by atoms with Gasteiger partial charge in [0.25, 0.3) is 5.91 Å². The molecule has 0 saturated carbocycles. The Morgan fingerprint density at radius 1 is 1.18 bits per heavy atom. The topological polar surface area (TPSA) is 102 Å². The molecule has 0 atom stereocenters. The Balaban J connectivity index is 2.46. The second-order valence-electron chi connectivity index (χ2n) is 4.43. The summed E-state index contributed by atoms with van der Waals surface area (Å²) in [5.74, 6) is -1.42. The predicted molar refractivity (Wildman–Crippen MR) is 79.7 cm³/mol. The van der Waals surface area contributed by atoms with Crippen LogP contribution in [0.2, 0.25) is 0 Å². The number of pyridine rings is 1. The van der Waals surface area contributed by atoms with Crippen molar-refractivity contribution in [2.45, 2.75) is 0 Å². The highest BCUT2D eigenvalue weighted by Crippen LogP contribution is 2.26. The highest BCUT2D eigenvalue weighted by Gasteiger charge is 2.18. The van der Waals surface area contributed by atoms with Crippen LogP contribution in [0.5, 0.6) is 0 Å². The first-order valence-corrected chi connectivity index (χ1v) is 6.39. The van der Waals surface area contributed by atoms with E-state index in [1.807, 2.05) is 0 Å². The summed E-state index contributed by atoms with van der Waals surface area (Å²) in [5, 5.41) is 0. The normalized spacial score (nSPS) is 10.2. The van der Waals surface area contributed by atoms with Gasteiger partial charge in [-0.15, -0.1) is 0 Å². The predicted octanol–water partition coefficient (Wildman–Crippen LogP) is 1.15. The third-order valence-electron chi connectivity index (χ3n) is 2.92. The number of rotatable bonds is 6. The fraction of sp³-hybridized carbons (Fsp3) is 0.0667. The van der Waals surface area contributed by atoms with Gasteiger partial charge >= 0.3 is 0 Å². The number of hydrogen-bond acceptors (Lipinski definition) is 4. The summed E-state index contributed by atoms with van der Waals surface area (Å²) in [4.78, 5) is 28.2. The molecule has 4 N–H and O–H groups in total. The van der Waals surface area contributed by atoms with Crippen LogP contribution in [0, 0.1) is 12.2 Å². The quantitative estimate of drug-likeness (QED) is 0.835. The zero-order chi connectivity index (χ0) is 16.1. The number of hydrogen-bond donors (Lipinski definition) is 2. The second kappa shape index (κ2) is 6.66. The van der Waals surface area contributed by atoms with Gasteiger partial charge in [0.2, 0.25) is 5.91 Å². The molecule has 1 heterocycles. The third-order valence-corrected chi connectivity index (χ3v) is 2.92. The van der Waals surface area contributed by atoms with Crippen LogP contribution in [0.15, 0.2) is 42.6 Å². The molecule has 0 spiro atoms. The van der Waals surface area contributed by atoms with Crippen molar-refractivity contribution in [2.75, 3.05) is 11.4 Å². The summed E-state index contributed by atoms with van der Waals surface area (Å²) in [6.07, 6.45) is 2.71. The van der Waals surface area contributed by atoms with Gasteiger partial charge in [-0.1, -0.05) is 0 Å². The number of nitrogens with two attached hydrogens (primary N) is 2. The molecule has 2 amide bonds. The van der Waals surface area contributed by atoms with Crippen LogP contribution in [0.25, 0.3) is 0 Å². The lowest BCUT2D eigenvalue weighted by Gasteiger charge is -2.24. The van der Waals surface area contributed by atoms with E-state index in [-0.39, 0.29) is 17.9 Å². The monoisotopic (exact) mass is 301 g/mol. The number of primary amides is 2. The molecule has 0 fully saturated rings. The van der Waals surface area contributed by atoms with Gasteiger partial charge in [-0.3, -0.25) is 9.59 Å². The average molecular weight is 301 g/mol. The lowest BCUT2D eigenvalue weighted by Crippen LogP contribution is -2.27. The van der Waals surface area contributed by atoms with Crippen LogP contribution >= 0.6 is 0 Å². The average Bonchev–Trinajstić information content (AvgIpc) is 2.49. The third kappa shape index (κ3) is 3.57. The Kier molecular flexibility index (Phi) is 4.67. The van der Waals surface area contributed by atoms with Crippen molar-refractivity contribution < 1.29 is 14.0 Å². The summed E-state index contributed by atoms with van der Waals surface area (Å²) >= 11 is 0. The van der Waals surface area contributed by atoms with E-state index in [1.54, 1.807) is 11.0 Å². The summed E-state index contributed by atoms with van der Waals surface area (Å²) < 4.78 is 13.1. The fourth-order valence-corrected chi connectivity index (χ4v) is 1.92. The molecule has 113 valence electrons. The van der Waals surface area contributed by atoms with Crippen molar-refractivity contribution in [3.8, 4) is 0 Å². The molecule has 0 aliphatic heterocycles. The van der Waals surface area contributed by atoms with E-state index >= 15 is 0 Å². The van der Waals surface area contributed by atoms with Gasteiger partial charge in [-0.05, 0) is 36.4 Å². The van der Waals surface area contributed by atoms with Crippen LogP contribution in [0.4, 0.5) is 15.9 Å². The van der Waals surface area contributed by atoms with Crippen molar-refractivity contribution in [3.05, 3.63) is 60.4 Å². The highest BCUT2D eigenvalue weighted by molar-refractivity contribution is 5.98. The zero-order valence-corrected chi connectivity index (χ0v) is 11.6. The number of benzene rings is 1. The number of anilines is 2. The number of amides is 2. The Labute approximate surface area is 126 Å². The van der Waals surface area contributed by atoms with Crippen LogP contribution in [0.3, 0.4) is 0 Å². The maximum Gasteiger partial charge on any atom is 0.252 e. The lowest BCUT2D eigenvalue weighted by atomic mass is 10.2. The van der Waals surface area contributed by atoms with Crippen molar-refractivity contribution in [2.24, 2.45) is 11.5 Å². The molecule has 0 aliphatic carbocycles. The molecule has 2 aromatic rings. The molecular weight excluding hydrogens is 287 g/mol. The Morgan fingerprint density at radius 2 is 1.86 bits per heavy atom. The van der Waals surface area contributed by atoms with Gasteiger partial charge in [0, 0.05) is 18.4 Å². The molecule has 0 unspecified atom stereocenters. The Hall–Kier alpha value is -2.96. The molecule has 1 radical (unpaired) electrons. The Bertz CT molecular complexity index is 688. The van der Waals surface area contributed by atoms with E-state index in [1.165, 1.54) is 42.9 Å². The molecule has 22 heavy (non-hydrogen) atoms. The number of carbonyl (C=O) groups is 2. The van der Waals surface area contributed by atoms with Gasteiger partial charge in [-0.2, -0.15) is 0 Å². The molecular formula is C15H14FN4O2. The van der Waals surface area contributed by atoms with Crippen LogP contribution in [-0.4, -0.2) is 23.3 Å². The van der Waals surface area contributed by atoms with E-state index in [0.29, 0.717) is 5.69 Å². The van der Waals surface area contributed by atoms with E-state index in [4.69, 9.17) is 11.5 Å². The first-order chi connectivity index (χ1) is 10.5. The van der Waals surface area contributed by atoms with Crippen molar-refractivity contribution in [1.82, 2.24) is 4.98 Å². The number of nitrogens with zero attached hydrogens (tertiary/aromatic N) is 2. The van der Waals surface area contributed by atoms with Gasteiger partial charge in [0.1, 0.15) is 11.6 Å². The summed E-state index contributed by atoms with van der Waals surface area (Å²) in [6.45, 7) is 0.0677. The van der Waals surface area contributed by atoms with Gasteiger partial charge < -0.3 is 16.4 Å². The lowest BCUT2D eigenvalue weighted by molar-refractivity contribution is -0.114. The first kappa shape index (κ1) is 15.4. The maximum absolute atomic E-state index is 13.1. The van der Waals surface area contributed by atoms with Crippen LogP contribution in [0.1, 0.15) is 10.4 Å². The summed E-state index contributed by atoms with van der Waals surface area (Å²) in [7, 11) is 0. The smallest absolute Gasteiger partial charge is 0.252 e. The molecule has 1 aromatic carbocycles. The summed E-state index contributed by atoms with van der Waals surface area (Å²) in [6, 6.07) is 8.63. The molecule has 0 aliphatic rings. The van der Waals surface area contributed by atoms with Crippen LogP contribution in [-0.2, 0) is 4.79 Å². The van der Waals surface area contributed by atoms with Crippen molar-refractivity contribution in [3.63, 3.8) is 0 Å². The van der Waals surface area contributed by atoms with Gasteiger partial charge in [0.15, 0.2) is 0 Å². The van der Waals surface area contributed by atoms with E-state index in [2.05, 4.69) is 4.98 Å². The molecule has 1 aromatic heterocycles. The molecule has 0 bridgehead atoms. The number of aromatic nitrogens is 1. The maximum atomic E-state index is 13.1. The number of halogens is 1. The van der Waals surface area contributed by atoms with E-state index in [9.17, 15) is 14.0 Å². The van der Waals surface area contributed by atoms with Crippen molar-refractivity contribution >= 4 is 23.3 Å². The highest BCUT2D eigenvalue weighted by atomic mass is 19.1. The standard InChI is InChI=1S/C15H14FN4O2/c16-10-3-5-11(6-4-10)20(9-7-13(17)21)15-12(14(18)22)2-1-8-19-15/h1-8H,9H2,(H2,17,21)(H2,18,22). The molecule has 7 heteroatoms. The van der Waals surface area contributed by atoms with E-state index < -0.39 is 17.6 Å². The number of carbonyl (C=O) groups excluding carboxylic acids is 2. The molecule has 0 saturated heterocycles. The molecule has 2 rings (SSSR count). The van der Waals surface area contributed by atoms with Gasteiger partial charge in [-0.25, -0.2) is 9.37 Å². The Morgan fingerprint density at radius 3 is 2.45 bits per heavy atom. The second-order valence-corrected chi connectivity index (χ2v) is 4.43. The minimum absolute atomic E-state index is 0.0677. The largest absolute Gasteiger partial charge is 0.369 e. The minimum atomic E-state index is -0.658. The minimum Gasteiger partial charge on any atom is -0.369 e. The SMILES string of the molecule is NC(=O)[CH]CN(c1ccc(F)cc1)c1ncccc1C(N)=O. The van der Waals surface area contributed by atoms with Crippen molar-refractivity contribution in [1.29, 1.82) is 0 Å².